The van der Waals surface area contributed by atoms with Crippen LogP contribution in [0.4, 0.5) is 11.4 Å². The molecule has 10 heteroatoms. The summed E-state index contributed by atoms with van der Waals surface area (Å²) in [7, 11) is 0. The number of hydrogen-bond donors (Lipinski definition) is 1. The molecule has 8 nitrogen and oxygen atoms in total. The second kappa shape index (κ2) is 10.9. The maximum atomic E-state index is 12.8. The van der Waals surface area contributed by atoms with Crippen LogP contribution in [0.15, 0.2) is 71.9 Å². The van der Waals surface area contributed by atoms with Crippen molar-refractivity contribution in [1.29, 1.82) is 0 Å². The highest BCUT2D eigenvalue weighted by Crippen LogP contribution is 2.33. The highest BCUT2D eigenvalue weighted by molar-refractivity contribution is 7.99. The molecule has 0 aliphatic carbocycles. The number of aryl methyl sites for hydroxylation is 1. The molecule has 0 saturated carbocycles. The van der Waals surface area contributed by atoms with Crippen LogP contribution >= 0.6 is 23.4 Å². The molecule has 1 amide bonds. The van der Waals surface area contributed by atoms with Crippen molar-refractivity contribution < 1.29 is 9.72 Å². The van der Waals surface area contributed by atoms with Crippen molar-refractivity contribution in [2.45, 2.75) is 31.8 Å². The number of rotatable bonds is 8. The van der Waals surface area contributed by atoms with E-state index in [0.29, 0.717) is 16.0 Å². The molecule has 0 radical (unpaired) electrons. The predicted molar refractivity (Wildman–Crippen MR) is 143 cm³/mol. The molecule has 4 rings (SSSR count). The molecule has 0 aliphatic heterocycles. The van der Waals surface area contributed by atoms with Crippen LogP contribution in [-0.2, 0) is 4.79 Å². The van der Waals surface area contributed by atoms with E-state index in [9.17, 15) is 14.9 Å². The third-order valence-electron chi connectivity index (χ3n) is 5.49. The molecule has 1 N–H and O–H groups in total. The number of aromatic nitrogens is 3. The number of para-hydroxylation sites is 1. The zero-order chi connectivity index (χ0) is 25.8. The van der Waals surface area contributed by atoms with E-state index in [-0.39, 0.29) is 29.0 Å². The largest absolute Gasteiger partial charge is 0.320 e. The van der Waals surface area contributed by atoms with E-state index in [4.69, 9.17) is 11.6 Å². The fraction of sp³-hybridized carbons (Fsp3) is 0.192. The number of nitro benzene ring substituents is 1. The lowest BCUT2D eigenvalue weighted by Crippen LogP contribution is -2.16. The minimum Gasteiger partial charge on any atom is -0.320 e. The van der Waals surface area contributed by atoms with Crippen molar-refractivity contribution in [2.75, 3.05) is 11.1 Å². The van der Waals surface area contributed by atoms with Gasteiger partial charge < -0.3 is 5.32 Å². The average molecular weight is 522 g/mol. The molecule has 1 heterocycles. The molecule has 0 saturated heterocycles. The monoisotopic (exact) mass is 521 g/mol. The quantitative estimate of drug-likeness (QED) is 0.158. The number of halogens is 1. The van der Waals surface area contributed by atoms with Crippen LogP contribution < -0.4 is 5.32 Å². The number of carbonyl (C=O) groups is 1. The number of carbonyl (C=O) groups excluding carboxylic acids is 1. The Balaban J connectivity index is 1.66. The van der Waals surface area contributed by atoms with Gasteiger partial charge >= 0.3 is 0 Å². The van der Waals surface area contributed by atoms with Gasteiger partial charge in [0.15, 0.2) is 11.0 Å². The van der Waals surface area contributed by atoms with E-state index in [0.717, 1.165) is 22.4 Å². The van der Waals surface area contributed by atoms with Crippen LogP contribution in [0.2, 0.25) is 5.02 Å². The molecule has 0 unspecified atom stereocenters. The molecule has 0 fully saturated rings. The molecular formula is C26H24ClN5O3S. The van der Waals surface area contributed by atoms with Gasteiger partial charge in [0.1, 0.15) is 5.69 Å². The number of nitrogens with zero attached hydrogens (tertiary/aromatic N) is 4. The second-order valence-corrected chi connectivity index (χ2v) is 9.86. The van der Waals surface area contributed by atoms with Gasteiger partial charge in [0, 0.05) is 16.7 Å². The maximum Gasteiger partial charge on any atom is 0.293 e. The highest BCUT2D eigenvalue weighted by atomic mass is 35.5. The first-order valence-corrected chi connectivity index (χ1v) is 12.6. The molecule has 36 heavy (non-hydrogen) atoms. The highest BCUT2D eigenvalue weighted by Gasteiger charge is 2.21. The first kappa shape index (κ1) is 25.4. The van der Waals surface area contributed by atoms with Crippen molar-refractivity contribution in [2.24, 2.45) is 0 Å². The van der Waals surface area contributed by atoms with Gasteiger partial charge in [0.05, 0.1) is 16.4 Å². The third-order valence-corrected chi connectivity index (χ3v) is 6.67. The normalized spacial score (nSPS) is 11.0. The number of nitro groups is 1. The van der Waals surface area contributed by atoms with E-state index in [1.807, 2.05) is 34.9 Å². The molecule has 0 atom stereocenters. The number of nitrogens with one attached hydrogen (secondary N) is 1. The van der Waals surface area contributed by atoms with E-state index < -0.39 is 4.92 Å². The van der Waals surface area contributed by atoms with Gasteiger partial charge in [-0.05, 0) is 60.4 Å². The van der Waals surface area contributed by atoms with Gasteiger partial charge in [-0.3, -0.25) is 19.5 Å². The smallest absolute Gasteiger partial charge is 0.293 e. The summed E-state index contributed by atoms with van der Waals surface area (Å²) in [4.78, 5) is 23.7. The predicted octanol–water partition coefficient (Wildman–Crippen LogP) is 6.66. The van der Waals surface area contributed by atoms with Crippen LogP contribution in [-0.4, -0.2) is 31.3 Å². The standard InChI is InChI=1S/C26H24ClN5O3S/c1-16(2)20-6-4-5-7-22(20)31-25(18-9-11-19(27)12-10-18)29-30-26(31)36-15-24(33)28-21-13-8-17(3)14-23(21)32(34)35/h4-14,16H,15H2,1-3H3,(H,28,33). The molecule has 1 aromatic heterocycles. The summed E-state index contributed by atoms with van der Waals surface area (Å²) in [5.41, 5.74) is 3.60. The molecule has 0 aliphatic rings. The second-order valence-electron chi connectivity index (χ2n) is 8.48. The zero-order valence-corrected chi connectivity index (χ0v) is 21.5. The Morgan fingerprint density at radius 3 is 2.53 bits per heavy atom. The minimum absolute atomic E-state index is 0.00632. The van der Waals surface area contributed by atoms with Gasteiger partial charge in [-0.25, -0.2) is 0 Å². The minimum atomic E-state index is -0.506. The van der Waals surface area contributed by atoms with Crippen LogP contribution in [0.5, 0.6) is 0 Å². The summed E-state index contributed by atoms with van der Waals surface area (Å²) in [5, 5.41) is 24.0. The van der Waals surface area contributed by atoms with Crippen LogP contribution in [0.3, 0.4) is 0 Å². The zero-order valence-electron chi connectivity index (χ0n) is 19.9. The van der Waals surface area contributed by atoms with Crippen LogP contribution in [0.1, 0.15) is 30.9 Å². The van der Waals surface area contributed by atoms with Gasteiger partial charge in [-0.15, -0.1) is 10.2 Å². The average Bonchev–Trinajstić information content (AvgIpc) is 3.28. The summed E-state index contributed by atoms with van der Waals surface area (Å²) in [6.45, 7) is 5.98. The number of hydrogen-bond acceptors (Lipinski definition) is 6. The summed E-state index contributed by atoms with van der Waals surface area (Å²) >= 11 is 7.29. The first-order valence-electron chi connectivity index (χ1n) is 11.2. The molecule has 184 valence electrons. The Morgan fingerprint density at radius 1 is 1.11 bits per heavy atom. The molecule has 0 bridgehead atoms. The SMILES string of the molecule is Cc1ccc(NC(=O)CSc2nnc(-c3ccc(Cl)cc3)n2-c2ccccc2C(C)C)c([N+](=O)[O-])c1. The van der Waals surface area contributed by atoms with Gasteiger partial charge in [0.2, 0.25) is 5.91 Å². The summed E-state index contributed by atoms with van der Waals surface area (Å²) < 4.78 is 1.94. The first-order chi connectivity index (χ1) is 17.2. The lowest BCUT2D eigenvalue weighted by atomic mass is 10.0. The lowest BCUT2D eigenvalue weighted by molar-refractivity contribution is -0.384. The van der Waals surface area contributed by atoms with E-state index in [1.165, 1.54) is 23.9 Å². The van der Waals surface area contributed by atoms with E-state index >= 15 is 0 Å². The fourth-order valence-electron chi connectivity index (χ4n) is 3.76. The van der Waals surface area contributed by atoms with Crippen molar-refractivity contribution in [1.82, 2.24) is 14.8 Å². The van der Waals surface area contributed by atoms with Crippen LogP contribution in [0, 0.1) is 17.0 Å². The molecule has 0 spiro atoms. The summed E-state index contributed by atoms with van der Waals surface area (Å²) in [6.07, 6.45) is 0. The van der Waals surface area contributed by atoms with Gasteiger partial charge in [0.25, 0.3) is 5.69 Å². The third kappa shape index (κ3) is 5.58. The van der Waals surface area contributed by atoms with Crippen molar-refractivity contribution in [3.05, 3.63) is 93.0 Å². The molecule has 4 aromatic rings. The molecule has 3 aromatic carbocycles. The number of benzene rings is 3. The molecular weight excluding hydrogens is 498 g/mol. The van der Waals surface area contributed by atoms with Crippen molar-refractivity contribution in [3.63, 3.8) is 0 Å². The van der Waals surface area contributed by atoms with Crippen molar-refractivity contribution in [3.8, 4) is 17.1 Å². The Labute approximate surface area is 217 Å². The van der Waals surface area contributed by atoms with Crippen LogP contribution in [0.25, 0.3) is 17.1 Å². The van der Waals surface area contributed by atoms with Gasteiger partial charge in [-0.2, -0.15) is 0 Å². The van der Waals surface area contributed by atoms with Gasteiger partial charge in [-0.1, -0.05) is 61.5 Å². The Hall–Kier alpha value is -3.69. The van der Waals surface area contributed by atoms with E-state index in [1.54, 1.807) is 25.1 Å². The maximum absolute atomic E-state index is 12.8. The number of thioether (sulfide) groups is 1. The number of amides is 1. The summed E-state index contributed by atoms with van der Waals surface area (Å²) in [5.74, 6) is 0.474. The lowest BCUT2D eigenvalue weighted by Gasteiger charge is -2.17. The topological polar surface area (TPSA) is 103 Å². The Bertz CT molecular complexity index is 1420. The Kier molecular flexibility index (Phi) is 7.71. The fourth-order valence-corrected chi connectivity index (χ4v) is 4.63. The number of anilines is 1. The summed E-state index contributed by atoms with van der Waals surface area (Å²) in [6, 6.07) is 20.0. The van der Waals surface area contributed by atoms with Crippen molar-refractivity contribution >= 4 is 40.6 Å². The Morgan fingerprint density at radius 2 is 1.83 bits per heavy atom. The van der Waals surface area contributed by atoms with E-state index in [2.05, 4.69) is 35.4 Å².